The predicted molar refractivity (Wildman–Crippen MR) is 105 cm³/mol. The minimum Gasteiger partial charge on any atom is -0.506 e. The van der Waals surface area contributed by atoms with E-state index >= 15 is 0 Å². The van der Waals surface area contributed by atoms with Gasteiger partial charge < -0.3 is 14.7 Å². The minimum atomic E-state index is -0.846. The smallest absolute Gasteiger partial charge is 0.342 e. The van der Waals surface area contributed by atoms with Crippen LogP contribution in [0.2, 0.25) is 0 Å². The molecular formula is C22H17FN2O4. The van der Waals surface area contributed by atoms with Crippen molar-refractivity contribution in [1.29, 1.82) is 5.26 Å². The molecule has 0 radical (unpaired) electrons. The molecule has 0 spiro atoms. The van der Waals surface area contributed by atoms with Crippen molar-refractivity contribution < 1.29 is 23.8 Å². The molecule has 7 heteroatoms. The van der Waals surface area contributed by atoms with Crippen LogP contribution in [0.3, 0.4) is 0 Å². The number of esters is 1. The Morgan fingerprint density at radius 1 is 1.07 bits per heavy atom. The number of hydrogen-bond donors (Lipinski definition) is 1. The summed E-state index contributed by atoms with van der Waals surface area (Å²) in [5.41, 5.74) is 0.332. The van der Waals surface area contributed by atoms with Gasteiger partial charge in [-0.25, -0.2) is 9.18 Å². The first-order valence-electron chi connectivity index (χ1n) is 8.82. The highest BCUT2D eigenvalue weighted by molar-refractivity contribution is 6.02. The number of fused-ring (bicyclic) bond motifs is 1. The molecule has 0 aliphatic rings. The third-order valence-corrected chi connectivity index (χ3v) is 4.33. The third-order valence-electron chi connectivity index (χ3n) is 4.33. The first-order chi connectivity index (χ1) is 14.0. The third kappa shape index (κ3) is 4.50. The summed E-state index contributed by atoms with van der Waals surface area (Å²) in [5.74, 6) is -2.10. The zero-order valence-corrected chi connectivity index (χ0v) is 15.3. The van der Waals surface area contributed by atoms with Gasteiger partial charge in [-0.1, -0.05) is 30.3 Å². The second kappa shape index (κ2) is 8.85. The quantitative estimate of drug-likeness (QED) is 0.645. The number of nitrogens with zero attached hydrogens (tertiary/aromatic N) is 2. The van der Waals surface area contributed by atoms with Gasteiger partial charge in [-0.3, -0.25) is 4.79 Å². The molecule has 1 amide bonds. The highest BCUT2D eigenvalue weighted by Crippen LogP contribution is 2.29. The Hall–Kier alpha value is -3.92. The van der Waals surface area contributed by atoms with Crippen LogP contribution in [0.1, 0.15) is 16.8 Å². The number of ether oxygens (including phenoxy) is 1. The number of halogens is 1. The number of benzene rings is 3. The summed E-state index contributed by atoms with van der Waals surface area (Å²) in [5, 5.41) is 20.4. The SMILES string of the molecule is N#CCCN(C(=O)COC(=O)c1ccc2ccccc2c1O)c1ccc(F)cc1. The molecular weight excluding hydrogens is 375 g/mol. The van der Waals surface area contributed by atoms with Crippen molar-refractivity contribution in [1.82, 2.24) is 0 Å². The van der Waals surface area contributed by atoms with Gasteiger partial charge >= 0.3 is 5.97 Å². The van der Waals surface area contributed by atoms with Gasteiger partial charge in [0.1, 0.15) is 17.1 Å². The van der Waals surface area contributed by atoms with E-state index in [0.29, 0.717) is 11.1 Å². The molecule has 3 rings (SSSR count). The zero-order valence-electron chi connectivity index (χ0n) is 15.3. The fraction of sp³-hybridized carbons (Fsp3) is 0.136. The molecule has 0 saturated heterocycles. The maximum Gasteiger partial charge on any atom is 0.342 e. The number of carbonyl (C=O) groups excluding carboxylic acids is 2. The Bertz CT molecular complexity index is 1090. The summed E-state index contributed by atoms with van der Waals surface area (Å²) in [4.78, 5) is 26.2. The van der Waals surface area contributed by atoms with Crippen molar-refractivity contribution in [2.45, 2.75) is 6.42 Å². The van der Waals surface area contributed by atoms with Gasteiger partial charge in [0.25, 0.3) is 5.91 Å². The topological polar surface area (TPSA) is 90.6 Å². The summed E-state index contributed by atoms with van der Waals surface area (Å²) < 4.78 is 18.2. The number of carbonyl (C=O) groups is 2. The lowest BCUT2D eigenvalue weighted by atomic mass is 10.1. The van der Waals surface area contributed by atoms with E-state index in [9.17, 15) is 19.1 Å². The number of phenols is 1. The van der Waals surface area contributed by atoms with Gasteiger partial charge in [0.15, 0.2) is 6.61 Å². The van der Waals surface area contributed by atoms with Crippen molar-refractivity contribution in [2.75, 3.05) is 18.1 Å². The van der Waals surface area contributed by atoms with Crippen LogP contribution in [0.5, 0.6) is 5.75 Å². The van der Waals surface area contributed by atoms with E-state index in [1.165, 1.54) is 35.2 Å². The summed E-state index contributed by atoms with van der Waals surface area (Å²) in [6, 6.07) is 17.2. The average molecular weight is 392 g/mol. The highest BCUT2D eigenvalue weighted by atomic mass is 19.1. The number of amides is 1. The number of rotatable bonds is 6. The molecule has 1 N–H and O–H groups in total. The van der Waals surface area contributed by atoms with Gasteiger partial charge in [0.2, 0.25) is 0 Å². The summed E-state index contributed by atoms with van der Waals surface area (Å²) in [6.07, 6.45) is 0.0581. The lowest BCUT2D eigenvalue weighted by molar-refractivity contribution is -0.121. The Balaban J connectivity index is 1.74. The molecule has 0 aromatic heterocycles. The van der Waals surface area contributed by atoms with Gasteiger partial charge in [0.05, 0.1) is 12.5 Å². The maximum absolute atomic E-state index is 13.1. The fourth-order valence-corrected chi connectivity index (χ4v) is 2.88. The molecule has 146 valence electrons. The lowest BCUT2D eigenvalue weighted by Gasteiger charge is -2.21. The Labute approximate surface area is 166 Å². The van der Waals surface area contributed by atoms with Crippen LogP contribution >= 0.6 is 0 Å². The summed E-state index contributed by atoms with van der Waals surface area (Å²) in [7, 11) is 0. The zero-order chi connectivity index (χ0) is 20.8. The second-order valence-corrected chi connectivity index (χ2v) is 6.19. The number of nitriles is 1. The predicted octanol–water partition coefficient (Wildman–Crippen LogP) is 3.79. The van der Waals surface area contributed by atoms with Gasteiger partial charge in [-0.2, -0.15) is 5.26 Å². The van der Waals surface area contributed by atoms with E-state index in [0.717, 1.165) is 5.39 Å². The van der Waals surface area contributed by atoms with Crippen molar-refractivity contribution in [3.05, 3.63) is 72.0 Å². The van der Waals surface area contributed by atoms with Crippen LogP contribution < -0.4 is 4.90 Å². The molecule has 0 saturated carbocycles. The average Bonchev–Trinajstić information content (AvgIpc) is 2.74. The number of aromatic hydroxyl groups is 1. The van der Waals surface area contributed by atoms with Crippen LogP contribution in [-0.2, 0) is 9.53 Å². The Morgan fingerprint density at radius 2 is 1.79 bits per heavy atom. The van der Waals surface area contributed by atoms with E-state index < -0.39 is 24.3 Å². The second-order valence-electron chi connectivity index (χ2n) is 6.19. The highest BCUT2D eigenvalue weighted by Gasteiger charge is 2.20. The van der Waals surface area contributed by atoms with Crippen molar-refractivity contribution in [3.63, 3.8) is 0 Å². The number of phenolic OH excluding ortho intramolecular Hbond substituents is 1. The van der Waals surface area contributed by atoms with Crippen molar-refractivity contribution in [2.24, 2.45) is 0 Å². The van der Waals surface area contributed by atoms with Gasteiger partial charge in [0, 0.05) is 17.6 Å². The Kier molecular flexibility index (Phi) is 6.05. The lowest BCUT2D eigenvalue weighted by Crippen LogP contribution is -2.35. The standard InChI is InChI=1S/C22H17FN2O4/c23-16-7-9-17(10-8-16)25(13-3-12-24)20(26)14-29-22(28)19-11-6-15-4-1-2-5-18(15)21(19)27/h1-2,4-11,27H,3,13-14H2. The van der Waals surface area contributed by atoms with E-state index in [1.807, 2.05) is 12.1 Å². The molecule has 0 atom stereocenters. The van der Waals surface area contributed by atoms with Crippen LogP contribution in [0.4, 0.5) is 10.1 Å². The molecule has 3 aromatic rings. The molecule has 0 aliphatic carbocycles. The molecule has 0 aliphatic heterocycles. The fourth-order valence-electron chi connectivity index (χ4n) is 2.88. The maximum atomic E-state index is 13.1. The molecule has 29 heavy (non-hydrogen) atoms. The molecule has 0 fully saturated rings. The van der Waals surface area contributed by atoms with Crippen LogP contribution in [-0.4, -0.2) is 30.1 Å². The van der Waals surface area contributed by atoms with E-state index in [4.69, 9.17) is 10.00 Å². The van der Waals surface area contributed by atoms with Crippen LogP contribution in [0.25, 0.3) is 10.8 Å². The van der Waals surface area contributed by atoms with Crippen LogP contribution in [0, 0.1) is 17.1 Å². The Morgan fingerprint density at radius 3 is 2.52 bits per heavy atom. The monoisotopic (exact) mass is 392 g/mol. The van der Waals surface area contributed by atoms with Gasteiger partial charge in [-0.05, 0) is 35.7 Å². The molecule has 6 nitrogen and oxygen atoms in total. The van der Waals surface area contributed by atoms with Crippen molar-refractivity contribution >= 4 is 28.3 Å². The van der Waals surface area contributed by atoms with E-state index in [2.05, 4.69) is 0 Å². The van der Waals surface area contributed by atoms with Crippen molar-refractivity contribution in [3.8, 4) is 11.8 Å². The normalized spacial score (nSPS) is 10.3. The molecule has 0 bridgehead atoms. The minimum absolute atomic E-state index is 0.0538. The number of anilines is 1. The number of hydrogen-bond acceptors (Lipinski definition) is 5. The largest absolute Gasteiger partial charge is 0.506 e. The van der Waals surface area contributed by atoms with E-state index in [-0.39, 0.29) is 24.3 Å². The van der Waals surface area contributed by atoms with Gasteiger partial charge in [-0.15, -0.1) is 0 Å². The molecule has 0 heterocycles. The first kappa shape index (κ1) is 19.8. The first-order valence-corrected chi connectivity index (χ1v) is 8.82. The molecule has 0 unspecified atom stereocenters. The van der Waals surface area contributed by atoms with E-state index in [1.54, 1.807) is 24.3 Å². The summed E-state index contributed by atoms with van der Waals surface area (Å²) in [6.45, 7) is -0.520. The summed E-state index contributed by atoms with van der Waals surface area (Å²) >= 11 is 0. The van der Waals surface area contributed by atoms with Crippen LogP contribution in [0.15, 0.2) is 60.7 Å². The molecule has 3 aromatic carbocycles.